The minimum atomic E-state index is -3.61. The largest absolute Gasteiger partial charge is 0.495 e. The van der Waals surface area contributed by atoms with Crippen molar-refractivity contribution in [3.8, 4) is 16.2 Å². The molecule has 2 N–H and O–H groups in total. The van der Waals surface area contributed by atoms with Crippen LogP contribution in [0, 0.1) is 5.82 Å². The summed E-state index contributed by atoms with van der Waals surface area (Å²) >= 11 is 1.15. The van der Waals surface area contributed by atoms with Crippen molar-refractivity contribution in [2.24, 2.45) is 10.7 Å². The van der Waals surface area contributed by atoms with Gasteiger partial charge in [-0.1, -0.05) is 6.92 Å². The number of sulfone groups is 1. The molecule has 3 rings (SSSR count). The van der Waals surface area contributed by atoms with Crippen LogP contribution < -0.4 is 10.5 Å². The number of halogens is 1. The summed E-state index contributed by atoms with van der Waals surface area (Å²) < 4.78 is 44.6. The fraction of sp³-hybridized carbons (Fsp3) is 0.444. The maximum Gasteiger partial charge on any atom is 0.165 e. The van der Waals surface area contributed by atoms with Crippen molar-refractivity contribution in [3.63, 3.8) is 0 Å². The predicted octanol–water partition coefficient (Wildman–Crippen LogP) is 3.13. The summed E-state index contributed by atoms with van der Waals surface area (Å²) in [6.07, 6.45) is 3.47. The first-order chi connectivity index (χ1) is 12.6. The highest BCUT2D eigenvalue weighted by atomic mass is 32.2. The molecule has 146 valence electrons. The second-order valence-corrected chi connectivity index (χ2v) is 10.5. The number of nitrogens with two attached hydrogens (primary N) is 1. The smallest absolute Gasteiger partial charge is 0.165 e. The Morgan fingerprint density at radius 1 is 1.33 bits per heavy atom. The van der Waals surface area contributed by atoms with Crippen molar-refractivity contribution in [3.05, 3.63) is 35.2 Å². The maximum atomic E-state index is 14.8. The van der Waals surface area contributed by atoms with Gasteiger partial charge in [0.15, 0.2) is 9.84 Å². The number of pyridine rings is 1. The highest BCUT2D eigenvalue weighted by Crippen LogP contribution is 2.44. The number of hydrogen-bond acceptors (Lipinski definition) is 7. The lowest BCUT2D eigenvalue weighted by molar-refractivity contribution is 0.413. The average molecular weight is 412 g/mol. The fourth-order valence-corrected chi connectivity index (χ4v) is 6.43. The van der Waals surface area contributed by atoms with Crippen LogP contribution in [-0.2, 0) is 15.4 Å². The molecular weight excluding hydrogens is 389 g/mol. The van der Waals surface area contributed by atoms with E-state index in [0.717, 1.165) is 11.3 Å². The van der Waals surface area contributed by atoms with E-state index in [0.29, 0.717) is 22.6 Å². The van der Waals surface area contributed by atoms with Crippen LogP contribution >= 0.6 is 11.3 Å². The number of methoxy groups -OCH3 is 1. The number of amidine groups is 1. The van der Waals surface area contributed by atoms with Crippen molar-refractivity contribution >= 4 is 27.0 Å². The Labute approximate surface area is 162 Å². The van der Waals surface area contributed by atoms with E-state index in [4.69, 9.17) is 10.5 Å². The summed E-state index contributed by atoms with van der Waals surface area (Å²) in [6.45, 7) is 4.93. The molecule has 0 saturated heterocycles. The minimum Gasteiger partial charge on any atom is -0.495 e. The van der Waals surface area contributed by atoms with E-state index < -0.39 is 25.9 Å². The molecule has 2 aromatic rings. The molecule has 0 amide bonds. The van der Waals surface area contributed by atoms with Crippen molar-refractivity contribution < 1.29 is 17.5 Å². The topological polar surface area (TPSA) is 94.6 Å². The van der Waals surface area contributed by atoms with E-state index in [-0.39, 0.29) is 16.5 Å². The molecule has 0 spiro atoms. The SMILES string of the molecule is CCC1(C)C(N)=N[C@](C)(c2sc(-c3cncc(OC)c3)cc2F)CS1(=O)=O. The lowest BCUT2D eigenvalue weighted by atomic mass is 10.00. The zero-order chi connectivity index (χ0) is 20.0. The first-order valence-electron chi connectivity index (χ1n) is 8.43. The number of ether oxygens (including phenoxy) is 1. The highest BCUT2D eigenvalue weighted by molar-refractivity contribution is 7.93. The van der Waals surface area contributed by atoms with E-state index >= 15 is 0 Å². The normalized spacial score (nSPS) is 27.2. The number of aliphatic imine (C=N–C) groups is 1. The third kappa shape index (κ3) is 3.12. The van der Waals surface area contributed by atoms with E-state index in [1.54, 1.807) is 39.2 Å². The Bertz CT molecular complexity index is 1020. The summed E-state index contributed by atoms with van der Waals surface area (Å²) in [6, 6.07) is 3.11. The number of hydrogen-bond donors (Lipinski definition) is 1. The lowest BCUT2D eigenvalue weighted by Gasteiger charge is -2.38. The van der Waals surface area contributed by atoms with Gasteiger partial charge in [0.1, 0.15) is 27.7 Å². The Balaban J connectivity index is 2.11. The van der Waals surface area contributed by atoms with Gasteiger partial charge in [-0.25, -0.2) is 12.8 Å². The molecule has 6 nitrogen and oxygen atoms in total. The summed E-state index contributed by atoms with van der Waals surface area (Å²) in [5, 5.41) is 0. The van der Waals surface area contributed by atoms with Gasteiger partial charge in [-0.05, 0) is 32.4 Å². The number of rotatable bonds is 4. The van der Waals surface area contributed by atoms with Gasteiger partial charge in [-0.2, -0.15) is 0 Å². The first kappa shape index (κ1) is 19.8. The standard InChI is InChI=1S/C18H22FN3O3S2/c1-5-18(3)16(20)22-17(2,10-27(18,23)24)15-13(19)7-14(26-15)11-6-12(25-4)9-21-8-11/h6-9H,5,10H2,1-4H3,(H2,20,22)/t17-,18?/m0/s1. The van der Waals surface area contributed by atoms with Gasteiger partial charge >= 0.3 is 0 Å². The second-order valence-electron chi connectivity index (χ2n) is 7.02. The number of aromatic nitrogens is 1. The van der Waals surface area contributed by atoms with Crippen LogP contribution in [0.1, 0.15) is 32.1 Å². The third-order valence-electron chi connectivity index (χ3n) is 5.15. The first-order valence-corrected chi connectivity index (χ1v) is 10.9. The van der Waals surface area contributed by atoms with Gasteiger partial charge in [0.2, 0.25) is 0 Å². The van der Waals surface area contributed by atoms with Crippen molar-refractivity contribution in [1.29, 1.82) is 0 Å². The van der Waals surface area contributed by atoms with Gasteiger partial charge in [-0.3, -0.25) is 9.98 Å². The lowest BCUT2D eigenvalue weighted by Crippen LogP contribution is -2.56. The molecule has 0 fully saturated rings. The van der Waals surface area contributed by atoms with Crippen LogP contribution in [0.4, 0.5) is 4.39 Å². The molecule has 9 heteroatoms. The molecule has 0 aromatic carbocycles. The van der Waals surface area contributed by atoms with Crippen LogP contribution in [0.15, 0.2) is 29.5 Å². The molecule has 0 saturated carbocycles. The van der Waals surface area contributed by atoms with E-state index in [1.807, 2.05) is 0 Å². The number of thiophene rings is 1. The quantitative estimate of drug-likeness (QED) is 0.834. The average Bonchev–Trinajstić information content (AvgIpc) is 3.02. The second kappa shape index (κ2) is 6.56. The molecule has 0 aliphatic carbocycles. The zero-order valence-electron chi connectivity index (χ0n) is 15.6. The maximum absolute atomic E-state index is 14.8. The summed E-state index contributed by atoms with van der Waals surface area (Å²) in [7, 11) is -2.08. The highest BCUT2D eigenvalue weighted by Gasteiger charge is 2.51. The fourth-order valence-electron chi connectivity index (χ4n) is 3.17. The van der Waals surface area contributed by atoms with Crippen LogP contribution in [0.3, 0.4) is 0 Å². The number of nitrogens with zero attached hydrogens (tertiary/aromatic N) is 2. The van der Waals surface area contributed by atoms with Gasteiger partial charge < -0.3 is 10.5 Å². The van der Waals surface area contributed by atoms with Gasteiger partial charge in [-0.15, -0.1) is 11.3 Å². The Morgan fingerprint density at radius 2 is 2.04 bits per heavy atom. The van der Waals surface area contributed by atoms with Gasteiger partial charge in [0, 0.05) is 16.6 Å². The van der Waals surface area contributed by atoms with Crippen LogP contribution in [-0.4, -0.2) is 36.8 Å². The van der Waals surface area contributed by atoms with E-state index in [9.17, 15) is 12.8 Å². The molecule has 1 aliphatic heterocycles. The summed E-state index contributed by atoms with van der Waals surface area (Å²) in [5.74, 6) is -0.225. The monoisotopic (exact) mass is 411 g/mol. The Hall–Kier alpha value is -2.00. The molecule has 0 radical (unpaired) electrons. The molecule has 1 unspecified atom stereocenters. The molecule has 2 atom stereocenters. The van der Waals surface area contributed by atoms with Crippen LogP contribution in [0.2, 0.25) is 0 Å². The summed E-state index contributed by atoms with van der Waals surface area (Å²) in [4.78, 5) is 9.39. The Morgan fingerprint density at radius 3 is 2.63 bits per heavy atom. The molecule has 2 aromatic heterocycles. The molecule has 0 bridgehead atoms. The molecule has 3 heterocycles. The Kier molecular flexibility index (Phi) is 4.80. The van der Waals surface area contributed by atoms with Crippen molar-refractivity contribution in [2.75, 3.05) is 12.9 Å². The molecule has 27 heavy (non-hydrogen) atoms. The summed E-state index contributed by atoms with van der Waals surface area (Å²) in [5.41, 5.74) is 5.46. The van der Waals surface area contributed by atoms with Gasteiger partial charge in [0.05, 0.1) is 23.9 Å². The van der Waals surface area contributed by atoms with E-state index in [1.165, 1.54) is 13.2 Å². The molecule has 1 aliphatic rings. The zero-order valence-corrected chi connectivity index (χ0v) is 17.2. The van der Waals surface area contributed by atoms with Crippen LogP contribution in [0.25, 0.3) is 10.4 Å². The van der Waals surface area contributed by atoms with Crippen LogP contribution in [0.5, 0.6) is 5.75 Å². The minimum absolute atomic E-state index is 0.0242. The van der Waals surface area contributed by atoms with Crippen molar-refractivity contribution in [2.45, 2.75) is 37.5 Å². The van der Waals surface area contributed by atoms with Crippen molar-refractivity contribution in [1.82, 2.24) is 4.98 Å². The predicted molar refractivity (Wildman–Crippen MR) is 106 cm³/mol. The molecular formula is C18H22FN3O3S2. The third-order valence-corrected chi connectivity index (χ3v) is 9.38. The van der Waals surface area contributed by atoms with Gasteiger partial charge in [0.25, 0.3) is 0 Å². The van der Waals surface area contributed by atoms with E-state index in [2.05, 4.69) is 9.98 Å².